The number of hydrogen-bond donors (Lipinski definition) is 2. The monoisotopic (exact) mass is 444 g/mol. The van der Waals surface area contributed by atoms with E-state index in [2.05, 4.69) is 10.0 Å². The normalized spacial score (nSPS) is 18.6. The zero-order valence-corrected chi connectivity index (χ0v) is 19.2. The van der Waals surface area contributed by atoms with Crippen LogP contribution >= 0.6 is 0 Å². The Hall–Kier alpha value is -2.09. The van der Waals surface area contributed by atoms with Gasteiger partial charge in [-0.05, 0) is 48.6 Å². The van der Waals surface area contributed by atoms with Crippen LogP contribution in [0.5, 0.6) is 0 Å². The van der Waals surface area contributed by atoms with Gasteiger partial charge in [0, 0.05) is 0 Å². The van der Waals surface area contributed by atoms with E-state index in [1.165, 1.54) is 0 Å². The fourth-order valence-electron chi connectivity index (χ4n) is 4.45. The molecule has 0 amide bonds. The van der Waals surface area contributed by atoms with E-state index < -0.39 is 27.6 Å². The minimum absolute atomic E-state index is 0.136. The number of nitrogens with one attached hydrogen (secondary N) is 2. The third-order valence-corrected chi connectivity index (χ3v) is 7.59. The SMILES string of the molecule is CC(C)[C@H](NS(=O)(=O)c1ccc2ccccc2c1)C(=O)C1(N[C@@H](C)C=O)CCCCC1. The maximum Gasteiger partial charge on any atom is 0.241 e. The van der Waals surface area contributed by atoms with Crippen LogP contribution in [0.15, 0.2) is 47.4 Å². The molecule has 2 N–H and O–H groups in total. The minimum Gasteiger partial charge on any atom is -0.302 e. The van der Waals surface area contributed by atoms with Crippen LogP contribution in [0.3, 0.4) is 0 Å². The van der Waals surface area contributed by atoms with Gasteiger partial charge < -0.3 is 4.79 Å². The highest BCUT2D eigenvalue weighted by Gasteiger charge is 2.45. The van der Waals surface area contributed by atoms with Crippen molar-refractivity contribution in [1.29, 1.82) is 0 Å². The highest BCUT2D eigenvalue weighted by atomic mass is 32.2. The first-order chi connectivity index (χ1) is 14.7. The number of benzene rings is 2. The lowest BCUT2D eigenvalue weighted by Gasteiger charge is -2.41. The summed E-state index contributed by atoms with van der Waals surface area (Å²) in [6.07, 6.45) is 4.75. The van der Waals surface area contributed by atoms with Crippen LogP contribution in [-0.2, 0) is 19.6 Å². The van der Waals surface area contributed by atoms with Crippen molar-refractivity contribution in [3.63, 3.8) is 0 Å². The molecule has 2 atom stereocenters. The third-order valence-electron chi connectivity index (χ3n) is 6.15. The zero-order chi connectivity index (χ0) is 22.6. The molecule has 0 saturated heterocycles. The summed E-state index contributed by atoms with van der Waals surface area (Å²) in [5.41, 5.74) is -0.889. The molecule has 2 aromatic rings. The van der Waals surface area contributed by atoms with Gasteiger partial charge >= 0.3 is 0 Å². The van der Waals surface area contributed by atoms with E-state index >= 15 is 0 Å². The first kappa shape index (κ1) is 23.6. The van der Waals surface area contributed by atoms with Gasteiger partial charge in [-0.3, -0.25) is 10.1 Å². The lowest BCUT2D eigenvalue weighted by Crippen LogP contribution is -2.63. The van der Waals surface area contributed by atoms with E-state index in [0.29, 0.717) is 12.8 Å². The first-order valence-electron chi connectivity index (χ1n) is 11.0. The zero-order valence-electron chi connectivity index (χ0n) is 18.4. The number of aldehydes is 1. The molecule has 1 aliphatic rings. The van der Waals surface area contributed by atoms with Crippen molar-refractivity contribution in [2.45, 2.75) is 75.4 Å². The van der Waals surface area contributed by atoms with E-state index in [9.17, 15) is 18.0 Å². The number of hydrogen-bond acceptors (Lipinski definition) is 5. The Labute approximate surface area is 184 Å². The average Bonchev–Trinajstić information content (AvgIpc) is 2.77. The predicted molar refractivity (Wildman–Crippen MR) is 122 cm³/mol. The van der Waals surface area contributed by atoms with E-state index in [0.717, 1.165) is 36.3 Å². The number of rotatable bonds is 9. The maximum absolute atomic E-state index is 13.7. The Kier molecular flexibility index (Phi) is 7.29. The number of carbonyl (C=O) groups is 2. The minimum atomic E-state index is -3.91. The van der Waals surface area contributed by atoms with Gasteiger partial charge in [-0.25, -0.2) is 13.1 Å². The molecule has 0 radical (unpaired) electrons. The summed E-state index contributed by atoms with van der Waals surface area (Å²) in [6.45, 7) is 5.40. The Bertz CT molecular complexity index is 1040. The second-order valence-electron chi connectivity index (χ2n) is 8.93. The summed E-state index contributed by atoms with van der Waals surface area (Å²) in [5, 5.41) is 4.99. The molecule has 3 rings (SSSR count). The largest absolute Gasteiger partial charge is 0.302 e. The molecule has 0 spiro atoms. The highest BCUT2D eigenvalue weighted by molar-refractivity contribution is 7.89. The number of sulfonamides is 1. The van der Waals surface area contributed by atoms with Crippen molar-refractivity contribution in [3.8, 4) is 0 Å². The molecule has 0 aliphatic heterocycles. The number of fused-ring (bicyclic) bond motifs is 1. The second kappa shape index (κ2) is 9.59. The molecule has 1 fully saturated rings. The lowest BCUT2D eigenvalue weighted by atomic mass is 9.74. The second-order valence-corrected chi connectivity index (χ2v) is 10.6. The van der Waals surface area contributed by atoms with Crippen molar-refractivity contribution in [2.24, 2.45) is 5.92 Å². The highest BCUT2D eigenvalue weighted by Crippen LogP contribution is 2.32. The molecule has 0 bridgehead atoms. The van der Waals surface area contributed by atoms with Crippen LogP contribution in [0.1, 0.15) is 52.9 Å². The molecule has 168 valence electrons. The van der Waals surface area contributed by atoms with Crippen LogP contribution in [-0.4, -0.2) is 38.1 Å². The van der Waals surface area contributed by atoms with Gasteiger partial charge in [-0.1, -0.05) is 63.4 Å². The predicted octanol–water partition coefficient (Wildman–Crippen LogP) is 3.59. The Balaban J connectivity index is 1.92. The maximum atomic E-state index is 13.7. The summed E-state index contributed by atoms with van der Waals surface area (Å²) in [5.74, 6) is -0.421. The van der Waals surface area contributed by atoms with Crippen molar-refractivity contribution in [2.75, 3.05) is 0 Å². The average molecular weight is 445 g/mol. The van der Waals surface area contributed by atoms with Crippen LogP contribution in [0.2, 0.25) is 0 Å². The molecule has 6 nitrogen and oxygen atoms in total. The van der Waals surface area contributed by atoms with Crippen molar-refractivity contribution in [3.05, 3.63) is 42.5 Å². The standard InChI is InChI=1S/C24H32N2O4S/c1-17(2)22(23(28)24(25-18(3)16-27)13-7-4-8-14-24)26-31(29,30)21-12-11-19-9-5-6-10-20(19)15-21/h5-6,9-12,15-18,22,25-26H,4,7-8,13-14H2,1-3H3/t18-,22-/m0/s1. The molecule has 1 aliphatic carbocycles. The molecule has 7 heteroatoms. The quantitative estimate of drug-likeness (QED) is 0.577. The van der Waals surface area contributed by atoms with Crippen molar-refractivity contribution in [1.82, 2.24) is 10.0 Å². The van der Waals surface area contributed by atoms with Crippen LogP contribution in [0, 0.1) is 5.92 Å². The molecule has 1 saturated carbocycles. The van der Waals surface area contributed by atoms with Gasteiger partial charge in [-0.15, -0.1) is 0 Å². The number of Topliss-reactive ketones (excluding diaryl/α,β-unsaturated/α-hetero) is 1. The fourth-order valence-corrected chi connectivity index (χ4v) is 5.83. The van der Waals surface area contributed by atoms with Gasteiger partial charge in [0.25, 0.3) is 0 Å². The molecule has 2 aromatic carbocycles. The van der Waals surface area contributed by atoms with Crippen LogP contribution < -0.4 is 10.0 Å². The van der Waals surface area contributed by atoms with Crippen LogP contribution in [0.25, 0.3) is 10.8 Å². The van der Waals surface area contributed by atoms with Crippen LogP contribution in [0.4, 0.5) is 0 Å². The van der Waals surface area contributed by atoms with Crippen molar-refractivity contribution >= 4 is 32.9 Å². The van der Waals surface area contributed by atoms with Gasteiger partial charge in [0.1, 0.15) is 6.29 Å². The fraction of sp³-hybridized carbons (Fsp3) is 0.500. The Morgan fingerprint density at radius 3 is 2.26 bits per heavy atom. The lowest BCUT2D eigenvalue weighted by molar-refractivity contribution is -0.130. The van der Waals surface area contributed by atoms with Gasteiger partial charge in [-0.2, -0.15) is 0 Å². The topological polar surface area (TPSA) is 92.3 Å². The summed E-state index contributed by atoms with van der Waals surface area (Å²) in [4.78, 5) is 25.1. The molecule has 31 heavy (non-hydrogen) atoms. The van der Waals surface area contributed by atoms with E-state index in [-0.39, 0.29) is 16.6 Å². The van der Waals surface area contributed by atoms with E-state index in [1.54, 1.807) is 25.1 Å². The van der Waals surface area contributed by atoms with Crippen molar-refractivity contribution < 1.29 is 18.0 Å². The summed E-state index contributed by atoms with van der Waals surface area (Å²) in [6, 6.07) is 11.1. The molecular weight excluding hydrogens is 412 g/mol. The number of carbonyl (C=O) groups excluding carboxylic acids is 2. The van der Waals surface area contributed by atoms with E-state index in [4.69, 9.17) is 0 Å². The number of ketones is 1. The van der Waals surface area contributed by atoms with Gasteiger partial charge in [0.05, 0.1) is 22.5 Å². The van der Waals surface area contributed by atoms with Gasteiger partial charge in [0.15, 0.2) is 5.78 Å². The third kappa shape index (κ3) is 5.22. The molecular formula is C24H32N2O4S. The smallest absolute Gasteiger partial charge is 0.241 e. The first-order valence-corrected chi connectivity index (χ1v) is 12.5. The summed E-state index contributed by atoms with van der Waals surface area (Å²) in [7, 11) is -3.91. The molecule has 0 heterocycles. The van der Waals surface area contributed by atoms with Gasteiger partial charge in [0.2, 0.25) is 10.0 Å². The molecule has 0 unspecified atom stereocenters. The summed E-state index contributed by atoms with van der Waals surface area (Å²) >= 11 is 0. The Morgan fingerprint density at radius 2 is 1.65 bits per heavy atom. The summed E-state index contributed by atoms with van der Waals surface area (Å²) < 4.78 is 29.1. The van der Waals surface area contributed by atoms with E-state index in [1.807, 2.05) is 38.1 Å². The molecule has 0 aromatic heterocycles. The Morgan fingerprint density at radius 1 is 1.00 bits per heavy atom.